The maximum Gasteiger partial charge on any atom is 0.325 e. The van der Waals surface area contributed by atoms with Crippen LogP contribution in [0.5, 0.6) is 0 Å². The number of hydrogen-bond acceptors (Lipinski definition) is 4. The Labute approximate surface area is 190 Å². The van der Waals surface area contributed by atoms with E-state index in [9.17, 15) is 23.6 Å². The highest BCUT2D eigenvalue weighted by Gasteiger charge is 2.55. The van der Waals surface area contributed by atoms with Gasteiger partial charge in [-0.3, -0.25) is 19.3 Å². The van der Waals surface area contributed by atoms with Gasteiger partial charge in [0, 0.05) is 5.69 Å². The van der Waals surface area contributed by atoms with Gasteiger partial charge < -0.3 is 16.0 Å². The lowest BCUT2D eigenvalue weighted by atomic mass is 9.73. The van der Waals surface area contributed by atoms with Gasteiger partial charge in [-0.05, 0) is 55.2 Å². The van der Waals surface area contributed by atoms with Crippen LogP contribution in [-0.2, 0) is 9.59 Å². The van der Waals surface area contributed by atoms with Crippen molar-refractivity contribution in [1.29, 1.82) is 0 Å². The fourth-order valence-corrected chi connectivity index (χ4v) is 4.49. The van der Waals surface area contributed by atoms with Gasteiger partial charge in [-0.1, -0.05) is 31.9 Å². The molecule has 9 heteroatoms. The molecule has 1 saturated heterocycles. The summed E-state index contributed by atoms with van der Waals surface area (Å²) in [5, 5.41) is 8.08. The number of carbonyl (C=O) groups is 4. The maximum absolute atomic E-state index is 13.1. The normalized spacial score (nSPS) is 22.2. The first-order valence-corrected chi connectivity index (χ1v) is 10.9. The molecule has 4 rings (SSSR count). The van der Waals surface area contributed by atoms with Crippen LogP contribution in [0.2, 0.25) is 0 Å². The average molecular weight is 452 g/mol. The third-order valence-corrected chi connectivity index (χ3v) is 6.35. The van der Waals surface area contributed by atoms with E-state index < -0.39 is 35.7 Å². The monoisotopic (exact) mass is 452 g/mol. The lowest BCUT2D eigenvalue weighted by Crippen LogP contribution is -2.54. The van der Waals surface area contributed by atoms with Crippen molar-refractivity contribution in [3.8, 4) is 0 Å². The van der Waals surface area contributed by atoms with E-state index in [2.05, 4.69) is 16.0 Å². The number of halogens is 1. The van der Waals surface area contributed by atoms with E-state index in [0.29, 0.717) is 12.1 Å². The number of nitrogens with one attached hydrogen (secondary N) is 3. The Morgan fingerprint density at radius 1 is 1.09 bits per heavy atom. The van der Waals surface area contributed by atoms with Crippen LogP contribution in [0.3, 0.4) is 0 Å². The summed E-state index contributed by atoms with van der Waals surface area (Å²) in [7, 11) is 0. The highest BCUT2D eigenvalue weighted by molar-refractivity contribution is 6.12. The largest absolute Gasteiger partial charge is 0.325 e. The molecule has 0 aromatic heterocycles. The van der Waals surface area contributed by atoms with Crippen LogP contribution in [0.15, 0.2) is 48.5 Å². The molecule has 0 bridgehead atoms. The number of amides is 5. The number of para-hydroxylation sites is 1. The van der Waals surface area contributed by atoms with E-state index in [1.807, 2.05) is 6.92 Å². The molecule has 1 heterocycles. The SMILES string of the molecule is C[C@@H]1CCCC[C@@]12NC(=O)N(CC(=O)Nc1ccccc1C(=O)Nc1ccc(F)cc1)C2=O. The topological polar surface area (TPSA) is 108 Å². The summed E-state index contributed by atoms with van der Waals surface area (Å²) in [6, 6.07) is 11.1. The van der Waals surface area contributed by atoms with E-state index in [1.165, 1.54) is 30.3 Å². The lowest BCUT2D eigenvalue weighted by molar-refractivity contribution is -0.136. The summed E-state index contributed by atoms with van der Waals surface area (Å²) in [6.45, 7) is 1.49. The quantitative estimate of drug-likeness (QED) is 0.604. The fourth-order valence-electron chi connectivity index (χ4n) is 4.49. The molecule has 1 aliphatic carbocycles. The van der Waals surface area contributed by atoms with E-state index in [-0.39, 0.29) is 23.1 Å². The second-order valence-electron chi connectivity index (χ2n) is 8.49. The minimum atomic E-state index is -0.942. The highest BCUT2D eigenvalue weighted by atomic mass is 19.1. The number of urea groups is 1. The molecule has 1 spiro atoms. The predicted octanol–water partition coefficient (Wildman–Crippen LogP) is 3.52. The van der Waals surface area contributed by atoms with Crippen molar-refractivity contribution in [3.05, 3.63) is 59.9 Å². The van der Waals surface area contributed by atoms with Crippen molar-refractivity contribution in [2.75, 3.05) is 17.2 Å². The molecule has 3 N–H and O–H groups in total. The van der Waals surface area contributed by atoms with E-state index in [4.69, 9.17) is 0 Å². The molecule has 5 amide bonds. The number of benzene rings is 2. The lowest BCUT2D eigenvalue weighted by Gasteiger charge is -2.36. The zero-order valence-corrected chi connectivity index (χ0v) is 18.2. The summed E-state index contributed by atoms with van der Waals surface area (Å²) in [4.78, 5) is 52.0. The summed E-state index contributed by atoms with van der Waals surface area (Å²) >= 11 is 0. The molecule has 2 aromatic rings. The van der Waals surface area contributed by atoms with Crippen molar-refractivity contribution in [1.82, 2.24) is 10.2 Å². The van der Waals surface area contributed by atoms with Crippen molar-refractivity contribution in [3.63, 3.8) is 0 Å². The van der Waals surface area contributed by atoms with Crippen molar-refractivity contribution >= 4 is 35.1 Å². The Balaban J connectivity index is 1.45. The fraction of sp³-hybridized carbons (Fsp3) is 0.333. The number of imide groups is 1. The van der Waals surface area contributed by atoms with Gasteiger partial charge in [-0.25, -0.2) is 9.18 Å². The smallest absolute Gasteiger partial charge is 0.324 e. The van der Waals surface area contributed by atoms with Crippen LogP contribution < -0.4 is 16.0 Å². The van der Waals surface area contributed by atoms with Gasteiger partial charge in [0.1, 0.15) is 17.9 Å². The average Bonchev–Trinajstić information content (AvgIpc) is 3.02. The van der Waals surface area contributed by atoms with Crippen molar-refractivity contribution < 1.29 is 23.6 Å². The first kappa shape index (κ1) is 22.4. The standard InChI is InChI=1S/C24H25FN4O4/c1-15-6-4-5-13-24(15)22(32)29(23(33)28-24)14-20(30)27-19-8-3-2-7-18(19)21(31)26-17-11-9-16(25)10-12-17/h2-3,7-12,15H,4-6,13-14H2,1H3,(H,26,31)(H,27,30)(H,28,33)/t15-,24-/m1/s1. The van der Waals surface area contributed by atoms with Crippen molar-refractivity contribution in [2.45, 2.75) is 38.1 Å². The van der Waals surface area contributed by atoms with Gasteiger partial charge in [0.05, 0.1) is 11.3 Å². The van der Waals surface area contributed by atoms with Crippen LogP contribution in [0.4, 0.5) is 20.6 Å². The Morgan fingerprint density at radius 2 is 1.82 bits per heavy atom. The number of carbonyl (C=O) groups excluding carboxylic acids is 4. The molecule has 2 atom stereocenters. The van der Waals surface area contributed by atoms with Crippen LogP contribution >= 0.6 is 0 Å². The molecule has 0 unspecified atom stereocenters. The minimum Gasteiger partial charge on any atom is -0.324 e. The number of nitrogens with zero attached hydrogens (tertiary/aromatic N) is 1. The Kier molecular flexibility index (Phi) is 6.13. The molecule has 33 heavy (non-hydrogen) atoms. The van der Waals surface area contributed by atoms with Crippen LogP contribution in [0.25, 0.3) is 0 Å². The van der Waals surface area contributed by atoms with Crippen molar-refractivity contribution in [2.24, 2.45) is 5.92 Å². The first-order chi connectivity index (χ1) is 15.8. The second kappa shape index (κ2) is 9.01. The molecule has 1 aliphatic heterocycles. The van der Waals surface area contributed by atoms with Gasteiger partial charge in [0.15, 0.2) is 0 Å². The molecule has 1 saturated carbocycles. The summed E-state index contributed by atoms with van der Waals surface area (Å²) in [5.41, 5.74) is -0.129. The number of hydrogen-bond donors (Lipinski definition) is 3. The van der Waals surface area contributed by atoms with Crippen LogP contribution in [0, 0.1) is 11.7 Å². The van der Waals surface area contributed by atoms with Gasteiger partial charge in [-0.2, -0.15) is 0 Å². The zero-order valence-electron chi connectivity index (χ0n) is 18.2. The Hall–Kier alpha value is -3.75. The van der Waals surface area contributed by atoms with E-state index in [1.54, 1.807) is 18.2 Å². The summed E-state index contributed by atoms with van der Waals surface area (Å²) < 4.78 is 13.1. The third kappa shape index (κ3) is 4.44. The summed E-state index contributed by atoms with van der Waals surface area (Å²) in [6.07, 6.45) is 3.24. The first-order valence-electron chi connectivity index (χ1n) is 10.9. The second-order valence-corrected chi connectivity index (χ2v) is 8.49. The Morgan fingerprint density at radius 3 is 2.55 bits per heavy atom. The number of anilines is 2. The van der Waals surface area contributed by atoms with Gasteiger partial charge in [0.2, 0.25) is 5.91 Å². The molecule has 8 nitrogen and oxygen atoms in total. The molecule has 0 radical (unpaired) electrons. The number of rotatable bonds is 5. The zero-order chi connectivity index (χ0) is 23.6. The maximum atomic E-state index is 13.1. The molecule has 2 aliphatic rings. The van der Waals surface area contributed by atoms with Crippen LogP contribution in [-0.4, -0.2) is 40.7 Å². The van der Waals surface area contributed by atoms with Gasteiger partial charge in [-0.15, -0.1) is 0 Å². The summed E-state index contributed by atoms with van der Waals surface area (Å²) in [5.74, 6) is -1.90. The predicted molar refractivity (Wildman–Crippen MR) is 120 cm³/mol. The molecular weight excluding hydrogens is 427 g/mol. The van der Waals surface area contributed by atoms with Crippen LogP contribution in [0.1, 0.15) is 43.0 Å². The highest BCUT2D eigenvalue weighted by Crippen LogP contribution is 2.38. The van der Waals surface area contributed by atoms with E-state index in [0.717, 1.165) is 24.2 Å². The molecule has 2 fully saturated rings. The van der Waals surface area contributed by atoms with Gasteiger partial charge in [0.25, 0.3) is 11.8 Å². The molecule has 172 valence electrons. The molecular formula is C24H25FN4O4. The third-order valence-electron chi connectivity index (χ3n) is 6.35. The van der Waals surface area contributed by atoms with Gasteiger partial charge >= 0.3 is 6.03 Å². The minimum absolute atomic E-state index is 0.00774. The van der Waals surface area contributed by atoms with E-state index >= 15 is 0 Å². The molecule has 2 aromatic carbocycles. The Bertz CT molecular complexity index is 1100.